The van der Waals surface area contributed by atoms with Gasteiger partial charge in [0.15, 0.2) is 0 Å². The Hall–Kier alpha value is -1.55. The molecule has 1 aliphatic rings. The van der Waals surface area contributed by atoms with Gasteiger partial charge < -0.3 is 15.2 Å². The maximum atomic E-state index is 12.1. The summed E-state index contributed by atoms with van der Waals surface area (Å²) in [5.41, 5.74) is 0.619. The van der Waals surface area contributed by atoms with Crippen LogP contribution in [0.4, 0.5) is 0 Å². The van der Waals surface area contributed by atoms with Gasteiger partial charge in [0.2, 0.25) is 5.91 Å². The largest absolute Gasteiger partial charge is 0.508 e. The van der Waals surface area contributed by atoms with Crippen LogP contribution in [0.25, 0.3) is 0 Å². The number of amides is 1. The van der Waals surface area contributed by atoms with E-state index in [9.17, 15) is 9.90 Å². The molecule has 2 atom stereocenters. The molecule has 2 rings (SSSR count). The molecule has 1 aromatic rings. The number of para-hydroxylation sites is 1. The molecule has 1 aromatic carbocycles. The zero-order chi connectivity index (χ0) is 14.8. The van der Waals surface area contributed by atoms with Crippen LogP contribution in [-0.4, -0.2) is 29.8 Å². The maximum Gasteiger partial charge on any atom is 0.224 e. The van der Waals surface area contributed by atoms with Crippen LogP contribution in [0.5, 0.6) is 5.75 Å². The van der Waals surface area contributed by atoms with Crippen molar-refractivity contribution in [1.82, 2.24) is 5.32 Å². The van der Waals surface area contributed by atoms with Gasteiger partial charge in [-0.3, -0.25) is 4.79 Å². The second-order valence-electron chi connectivity index (χ2n) is 5.93. The Morgan fingerprint density at radius 3 is 2.75 bits per heavy atom. The number of phenols is 1. The van der Waals surface area contributed by atoms with Crippen molar-refractivity contribution in [2.24, 2.45) is 5.41 Å². The van der Waals surface area contributed by atoms with E-state index in [1.807, 2.05) is 13.0 Å². The third kappa shape index (κ3) is 2.96. The fraction of sp³-hybridized carbons (Fsp3) is 0.562. The van der Waals surface area contributed by atoms with Crippen molar-refractivity contribution in [2.45, 2.75) is 45.8 Å². The summed E-state index contributed by atoms with van der Waals surface area (Å²) in [6.07, 6.45) is 1.27. The van der Waals surface area contributed by atoms with E-state index in [0.717, 1.165) is 6.42 Å². The van der Waals surface area contributed by atoms with Crippen molar-refractivity contribution >= 4 is 5.91 Å². The zero-order valence-corrected chi connectivity index (χ0v) is 12.3. The minimum atomic E-state index is -0.0560. The van der Waals surface area contributed by atoms with E-state index in [1.54, 1.807) is 18.2 Å². The number of phenolic OH excluding ortho intramolecular Hbond substituents is 1. The molecule has 0 heterocycles. The van der Waals surface area contributed by atoms with Crippen LogP contribution in [-0.2, 0) is 16.0 Å². The van der Waals surface area contributed by atoms with Gasteiger partial charge in [-0.1, -0.05) is 32.0 Å². The average molecular weight is 277 g/mol. The first-order chi connectivity index (χ1) is 9.45. The molecule has 0 saturated heterocycles. The molecule has 0 unspecified atom stereocenters. The van der Waals surface area contributed by atoms with Crippen molar-refractivity contribution in [2.75, 3.05) is 6.61 Å². The smallest absolute Gasteiger partial charge is 0.224 e. The molecule has 0 radical (unpaired) electrons. The number of carbonyl (C=O) groups is 1. The number of rotatable bonds is 5. The minimum Gasteiger partial charge on any atom is -0.508 e. The predicted molar refractivity (Wildman–Crippen MR) is 77.6 cm³/mol. The second kappa shape index (κ2) is 5.83. The summed E-state index contributed by atoms with van der Waals surface area (Å²) in [5.74, 6) is 0.113. The molecule has 1 saturated carbocycles. The van der Waals surface area contributed by atoms with Gasteiger partial charge in [0.05, 0.1) is 12.5 Å². The molecule has 4 nitrogen and oxygen atoms in total. The van der Waals surface area contributed by atoms with Gasteiger partial charge in [0.25, 0.3) is 0 Å². The van der Waals surface area contributed by atoms with E-state index in [0.29, 0.717) is 12.2 Å². The van der Waals surface area contributed by atoms with Crippen molar-refractivity contribution in [1.29, 1.82) is 0 Å². The Morgan fingerprint density at radius 1 is 1.45 bits per heavy atom. The van der Waals surface area contributed by atoms with Crippen LogP contribution < -0.4 is 5.32 Å². The van der Waals surface area contributed by atoms with Gasteiger partial charge in [-0.05, 0) is 19.4 Å². The van der Waals surface area contributed by atoms with Crippen LogP contribution in [0.3, 0.4) is 0 Å². The summed E-state index contributed by atoms with van der Waals surface area (Å²) < 4.78 is 5.65. The number of nitrogens with one attached hydrogen (secondary N) is 1. The normalized spacial score (nSPS) is 23.9. The molecule has 1 fully saturated rings. The summed E-state index contributed by atoms with van der Waals surface area (Å²) in [6.45, 7) is 6.91. The molecule has 0 aromatic heterocycles. The minimum absolute atomic E-state index is 0.0373. The van der Waals surface area contributed by atoms with E-state index < -0.39 is 0 Å². The average Bonchev–Trinajstić information content (AvgIpc) is 2.40. The highest BCUT2D eigenvalue weighted by molar-refractivity contribution is 5.79. The molecule has 4 heteroatoms. The fourth-order valence-electron chi connectivity index (χ4n) is 2.69. The monoisotopic (exact) mass is 277 g/mol. The summed E-state index contributed by atoms with van der Waals surface area (Å²) in [7, 11) is 0. The lowest BCUT2D eigenvalue weighted by Gasteiger charge is -2.51. The summed E-state index contributed by atoms with van der Waals surface area (Å²) >= 11 is 0. The van der Waals surface area contributed by atoms with E-state index in [-0.39, 0.29) is 35.6 Å². The summed E-state index contributed by atoms with van der Waals surface area (Å²) in [6, 6.07) is 7.07. The summed E-state index contributed by atoms with van der Waals surface area (Å²) in [5, 5.41) is 12.7. The standard InChI is InChI=1S/C16H23NO3/c1-4-20-14-10-13(16(14,2)3)17-15(19)9-11-7-5-6-8-12(11)18/h5-8,13-14,18H,4,9-10H2,1-3H3,(H,17,19)/t13-,14-/m0/s1. The third-order valence-corrected chi connectivity index (χ3v) is 4.22. The molecule has 20 heavy (non-hydrogen) atoms. The molecule has 0 bridgehead atoms. The first kappa shape index (κ1) is 14.9. The van der Waals surface area contributed by atoms with Crippen LogP contribution >= 0.6 is 0 Å². The van der Waals surface area contributed by atoms with Gasteiger partial charge in [0, 0.05) is 23.6 Å². The van der Waals surface area contributed by atoms with E-state index in [2.05, 4.69) is 19.2 Å². The van der Waals surface area contributed by atoms with Crippen molar-refractivity contribution in [3.05, 3.63) is 29.8 Å². The first-order valence-electron chi connectivity index (χ1n) is 7.13. The Morgan fingerprint density at radius 2 is 2.15 bits per heavy atom. The van der Waals surface area contributed by atoms with E-state index >= 15 is 0 Å². The van der Waals surface area contributed by atoms with Gasteiger partial charge in [0.1, 0.15) is 5.75 Å². The molecule has 0 aliphatic heterocycles. The number of hydrogen-bond acceptors (Lipinski definition) is 3. The lowest BCUT2D eigenvalue weighted by molar-refractivity contribution is -0.136. The SMILES string of the molecule is CCO[C@H]1C[C@H](NC(=O)Cc2ccccc2O)C1(C)C. The van der Waals surface area contributed by atoms with Crippen LogP contribution in [0.2, 0.25) is 0 Å². The maximum absolute atomic E-state index is 12.1. The van der Waals surface area contributed by atoms with E-state index in [4.69, 9.17) is 4.74 Å². The van der Waals surface area contributed by atoms with Gasteiger partial charge >= 0.3 is 0 Å². The summed E-state index contributed by atoms with van der Waals surface area (Å²) in [4.78, 5) is 12.1. The van der Waals surface area contributed by atoms with Crippen molar-refractivity contribution in [3.8, 4) is 5.75 Å². The molecular weight excluding hydrogens is 254 g/mol. The number of benzene rings is 1. The highest BCUT2D eigenvalue weighted by atomic mass is 16.5. The van der Waals surface area contributed by atoms with Crippen LogP contribution in [0, 0.1) is 5.41 Å². The zero-order valence-electron chi connectivity index (χ0n) is 12.3. The molecule has 2 N–H and O–H groups in total. The Balaban J connectivity index is 1.89. The second-order valence-corrected chi connectivity index (χ2v) is 5.93. The van der Waals surface area contributed by atoms with E-state index in [1.165, 1.54) is 0 Å². The molecular formula is C16H23NO3. The quantitative estimate of drug-likeness (QED) is 0.868. The number of hydrogen-bond donors (Lipinski definition) is 2. The molecule has 110 valence electrons. The lowest BCUT2D eigenvalue weighted by atomic mass is 9.64. The molecule has 1 amide bonds. The van der Waals surface area contributed by atoms with Crippen LogP contribution in [0.1, 0.15) is 32.8 Å². The molecule has 0 spiro atoms. The highest BCUT2D eigenvalue weighted by Crippen LogP contribution is 2.42. The topological polar surface area (TPSA) is 58.6 Å². The van der Waals surface area contributed by atoms with Crippen LogP contribution in [0.15, 0.2) is 24.3 Å². The first-order valence-corrected chi connectivity index (χ1v) is 7.13. The number of aromatic hydroxyl groups is 1. The fourth-order valence-corrected chi connectivity index (χ4v) is 2.69. The number of carbonyl (C=O) groups excluding carboxylic acids is 1. The van der Waals surface area contributed by atoms with Gasteiger partial charge in [-0.15, -0.1) is 0 Å². The van der Waals surface area contributed by atoms with Gasteiger partial charge in [-0.2, -0.15) is 0 Å². The van der Waals surface area contributed by atoms with Gasteiger partial charge in [-0.25, -0.2) is 0 Å². The molecule has 1 aliphatic carbocycles. The third-order valence-electron chi connectivity index (χ3n) is 4.22. The Labute approximate surface area is 120 Å². The number of ether oxygens (including phenoxy) is 1. The van der Waals surface area contributed by atoms with Crippen molar-refractivity contribution < 1.29 is 14.6 Å². The Bertz CT molecular complexity index is 484. The van der Waals surface area contributed by atoms with Crippen molar-refractivity contribution in [3.63, 3.8) is 0 Å². The predicted octanol–water partition coefficient (Wildman–Crippen LogP) is 2.25. The highest BCUT2D eigenvalue weighted by Gasteiger charge is 2.49. The Kier molecular flexibility index (Phi) is 4.33. The lowest BCUT2D eigenvalue weighted by Crippen LogP contribution is -2.62.